The molecule has 3 heterocycles. The molecular weight excluding hydrogens is 454 g/mol. The van der Waals surface area contributed by atoms with Crippen LogP contribution in [0.3, 0.4) is 0 Å². The molecule has 1 saturated heterocycles. The minimum atomic E-state index is -1.38. The van der Waals surface area contributed by atoms with Crippen molar-refractivity contribution >= 4 is 23.0 Å². The molecule has 4 atom stereocenters. The Morgan fingerprint density at radius 2 is 1.69 bits per heavy atom. The fourth-order valence-corrected chi connectivity index (χ4v) is 4.26. The van der Waals surface area contributed by atoms with Crippen LogP contribution in [0, 0.1) is 0 Å². The van der Waals surface area contributed by atoms with Gasteiger partial charge in [0.15, 0.2) is 17.4 Å². The van der Waals surface area contributed by atoms with Crippen molar-refractivity contribution < 1.29 is 24.9 Å². The second-order valence-corrected chi connectivity index (χ2v) is 8.21. The average Bonchev–Trinajstić information content (AvgIpc) is 3.41. The fraction of sp³-hybridized carbons (Fsp3) is 0.250. The van der Waals surface area contributed by atoms with E-state index in [1.54, 1.807) is 0 Å². The summed E-state index contributed by atoms with van der Waals surface area (Å²) in [5, 5.41) is 32.5. The summed E-state index contributed by atoms with van der Waals surface area (Å²) in [4.78, 5) is 37.0. The quantitative estimate of drug-likeness (QED) is 0.268. The summed E-state index contributed by atoms with van der Waals surface area (Å²) in [6, 6.07) is 18.4. The Balaban J connectivity index is 1.50. The van der Waals surface area contributed by atoms with E-state index in [2.05, 4.69) is 20.3 Å². The van der Waals surface area contributed by atoms with Crippen LogP contribution in [0.4, 0.5) is 5.95 Å². The van der Waals surface area contributed by atoms with E-state index >= 15 is 0 Å². The molecule has 1 amide bonds. The maximum absolute atomic E-state index is 13.4. The maximum atomic E-state index is 13.4. The van der Waals surface area contributed by atoms with Crippen molar-refractivity contribution in [2.45, 2.75) is 30.5 Å². The molecule has 0 unspecified atom stereocenters. The summed E-state index contributed by atoms with van der Waals surface area (Å²) in [6.45, 7) is -0.503. The van der Waals surface area contributed by atoms with E-state index in [4.69, 9.17) is 4.74 Å². The number of amides is 1. The Bertz CT molecular complexity index is 1350. The number of rotatable bonds is 6. The number of H-pyrrole nitrogens is 1. The summed E-state index contributed by atoms with van der Waals surface area (Å²) in [5.74, 6) is -1.19. The van der Waals surface area contributed by atoms with Gasteiger partial charge in [-0.15, -0.1) is 0 Å². The molecule has 180 valence electrons. The van der Waals surface area contributed by atoms with Crippen LogP contribution < -0.4 is 10.9 Å². The van der Waals surface area contributed by atoms with Gasteiger partial charge in [0.1, 0.15) is 18.3 Å². The van der Waals surface area contributed by atoms with Crippen molar-refractivity contribution in [2.24, 2.45) is 0 Å². The molecule has 5 rings (SSSR count). The van der Waals surface area contributed by atoms with Crippen molar-refractivity contribution in [1.29, 1.82) is 0 Å². The first-order chi connectivity index (χ1) is 17.0. The van der Waals surface area contributed by atoms with Gasteiger partial charge in [0, 0.05) is 0 Å². The molecule has 35 heavy (non-hydrogen) atoms. The van der Waals surface area contributed by atoms with Gasteiger partial charge in [0.05, 0.1) is 18.9 Å². The fourth-order valence-electron chi connectivity index (χ4n) is 4.26. The molecule has 11 nitrogen and oxygen atoms in total. The van der Waals surface area contributed by atoms with Gasteiger partial charge >= 0.3 is 0 Å². The molecule has 0 bridgehead atoms. The van der Waals surface area contributed by atoms with Gasteiger partial charge in [-0.2, -0.15) is 4.98 Å². The standard InChI is InChI=1S/C24H23N5O6/c30-11-15-18(31)19(32)23(35-15)29-12-25-17-20(29)26-24(28-22(17)34)27-21(33)16(13-7-3-1-4-8-13)14-9-5-2-6-10-14/h1-10,12,15-16,18-19,23,30-32H,11H2,(H2,26,27,28,33,34)/t15-,18-,19-,23-/m1/s1. The molecule has 2 aromatic heterocycles. The summed E-state index contributed by atoms with van der Waals surface area (Å²) >= 11 is 0. The number of aliphatic hydroxyl groups is 3. The number of hydrogen-bond donors (Lipinski definition) is 5. The van der Waals surface area contributed by atoms with Crippen LogP contribution in [-0.4, -0.2) is 65.7 Å². The zero-order valence-corrected chi connectivity index (χ0v) is 18.4. The molecule has 1 fully saturated rings. The van der Waals surface area contributed by atoms with Gasteiger partial charge in [0.2, 0.25) is 11.9 Å². The lowest BCUT2D eigenvalue weighted by atomic mass is 9.90. The predicted molar refractivity (Wildman–Crippen MR) is 125 cm³/mol. The summed E-state index contributed by atoms with van der Waals surface area (Å²) in [5.41, 5.74) is 0.914. The minimum absolute atomic E-state index is 0.0369. The lowest BCUT2D eigenvalue weighted by Crippen LogP contribution is -2.33. The Labute approximate surface area is 198 Å². The first-order valence-corrected chi connectivity index (χ1v) is 11.0. The summed E-state index contributed by atoms with van der Waals surface area (Å²) in [7, 11) is 0. The number of anilines is 1. The predicted octanol–water partition coefficient (Wildman–Crippen LogP) is 0.502. The highest BCUT2D eigenvalue weighted by molar-refractivity contribution is 5.97. The molecule has 1 aliphatic heterocycles. The topological polar surface area (TPSA) is 163 Å². The Morgan fingerprint density at radius 1 is 1.06 bits per heavy atom. The van der Waals surface area contributed by atoms with Crippen molar-refractivity contribution in [3.8, 4) is 0 Å². The van der Waals surface area contributed by atoms with E-state index in [1.165, 1.54) is 10.9 Å². The van der Waals surface area contributed by atoms with Crippen molar-refractivity contribution in [2.75, 3.05) is 11.9 Å². The molecule has 0 aliphatic carbocycles. The zero-order chi connectivity index (χ0) is 24.5. The van der Waals surface area contributed by atoms with Crippen LogP contribution in [0.1, 0.15) is 23.3 Å². The molecule has 1 aliphatic rings. The molecule has 0 saturated carbocycles. The normalized spacial score (nSPS) is 22.1. The van der Waals surface area contributed by atoms with Crippen molar-refractivity contribution in [1.82, 2.24) is 19.5 Å². The Kier molecular flexibility index (Phi) is 6.14. The van der Waals surface area contributed by atoms with Crippen LogP contribution in [0.25, 0.3) is 11.2 Å². The zero-order valence-electron chi connectivity index (χ0n) is 18.4. The van der Waals surface area contributed by atoms with Crippen LogP contribution in [0.15, 0.2) is 71.8 Å². The second kappa shape index (κ2) is 9.39. The van der Waals surface area contributed by atoms with Crippen LogP contribution in [0.5, 0.6) is 0 Å². The maximum Gasteiger partial charge on any atom is 0.280 e. The van der Waals surface area contributed by atoms with Gasteiger partial charge in [-0.1, -0.05) is 60.7 Å². The molecular formula is C24H23N5O6. The number of aromatic amines is 1. The number of fused-ring (bicyclic) bond motifs is 1. The lowest BCUT2D eigenvalue weighted by Gasteiger charge is -2.18. The number of imidazole rings is 1. The third kappa shape index (κ3) is 4.21. The van der Waals surface area contributed by atoms with Gasteiger partial charge in [-0.05, 0) is 11.1 Å². The van der Waals surface area contributed by atoms with Crippen molar-refractivity contribution in [3.05, 3.63) is 88.5 Å². The monoisotopic (exact) mass is 477 g/mol. The largest absolute Gasteiger partial charge is 0.394 e. The lowest BCUT2D eigenvalue weighted by molar-refractivity contribution is -0.116. The third-order valence-corrected chi connectivity index (χ3v) is 5.99. The number of ether oxygens (including phenoxy) is 1. The van der Waals surface area contributed by atoms with Gasteiger partial charge in [-0.3, -0.25) is 24.5 Å². The van der Waals surface area contributed by atoms with E-state index in [1.807, 2.05) is 60.7 Å². The number of hydrogen-bond acceptors (Lipinski definition) is 8. The van der Waals surface area contributed by atoms with E-state index in [-0.39, 0.29) is 17.1 Å². The number of nitrogens with zero attached hydrogens (tertiary/aromatic N) is 3. The van der Waals surface area contributed by atoms with Crippen molar-refractivity contribution in [3.63, 3.8) is 0 Å². The SMILES string of the molecule is O=C(Nc1nc2c(ncn2[C@@H]2O[C@H](CO)[C@@H](O)[C@H]2O)c(=O)[nH]1)C(c1ccccc1)c1ccccc1. The highest BCUT2D eigenvalue weighted by Crippen LogP contribution is 2.31. The van der Waals surface area contributed by atoms with E-state index in [0.29, 0.717) is 0 Å². The number of benzene rings is 2. The Morgan fingerprint density at radius 3 is 2.26 bits per heavy atom. The van der Waals surface area contributed by atoms with Crippen LogP contribution >= 0.6 is 0 Å². The number of aliphatic hydroxyl groups excluding tert-OH is 3. The molecule has 5 N–H and O–H groups in total. The van der Waals surface area contributed by atoms with Gasteiger partial charge in [-0.25, -0.2) is 4.98 Å². The van der Waals surface area contributed by atoms with E-state index < -0.39 is 48.5 Å². The molecule has 0 radical (unpaired) electrons. The first kappa shape index (κ1) is 22.9. The number of carbonyl (C=O) groups excluding carboxylic acids is 1. The number of aromatic nitrogens is 4. The highest BCUT2D eigenvalue weighted by atomic mass is 16.6. The average molecular weight is 477 g/mol. The smallest absolute Gasteiger partial charge is 0.280 e. The second-order valence-electron chi connectivity index (χ2n) is 8.21. The molecule has 2 aromatic carbocycles. The first-order valence-electron chi connectivity index (χ1n) is 11.0. The Hall–Kier alpha value is -3.90. The van der Waals surface area contributed by atoms with Crippen LogP contribution in [-0.2, 0) is 9.53 Å². The minimum Gasteiger partial charge on any atom is -0.394 e. The van der Waals surface area contributed by atoms with Gasteiger partial charge < -0.3 is 20.1 Å². The summed E-state index contributed by atoms with van der Waals surface area (Å²) in [6.07, 6.45) is -3.61. The van der Waals surface area contributed by atoms with Crippen LogP contribution in [0.2, 0.25) is 0 Å². The number of nitrogens with one attached hydrogen (secondary N) is 2. The molecule has 4 aromatic rings. The van der Waals surface area contributed by atoms with Gasteiger partial charge in [0.25, 0.3) is 5.56 Å². The van der Waals surface area contributed by atoms with E-state index in [9.17, 15) is 24.9 Å². The molecule has 0 spiro atoms. The van der Waals surface area contributed by atoms with E-state index in [0.717, 1.165) is 11.1 Å². The molecule has 11 heteroatoms. The highest BCUT2D eigenvalue weighted by Gasteiger charge is 2.44. The third-order valence-electron chi connectivity index (χ3n) is 5.99. The number of carbonyl (C=O) groups is 1. The summed E-state index contributed by atoms with van der Waals surface area (Å²) < 4.78 is 6.82.